The summed E-state index contributed by atoms with van der Waals surface area (Å²) in [4.78, 5) is 0.625. The van der Waals surface area contributed by atoms with E-state index in [2.05, 4.69) is 6.92 Å². The second-order valence-electron chi connectivity index (χ2n) is 1.53. The van der Waals surface area contributed by atoms with E-state index in [1.54, 1.807) is 11.8 Å². The first-order valence-corrected chi connectivity index (χ1v) is 4.24. The van der Waals surface area contributed by atoms with Gasteiger partial charge in [0.1, 0.15) is 0 Å². The molecular formula is C5H11NS2. The van der Waals surface area contributed by atoms with Gasteiger partial charge in [-0.2, -0.15) is 11.8 Å². The van der Waals surface area contributed by atoms with E-state index in [0.717, 1.165) is 6.42 Å². The monoisotopic (exact) mass is 149 g/mol. The number of hydrogen-bond acceptors (Lipinski definition) is 2. The van der Waals surface area contributed by atoms with Crippen LogP contribution in [0.25, 0.3) is 0 Å². The molecule has 0 fully saturated rings. The topological polar surface area (TPSA) is 26.0 Å². The second kappa shape index (κ2) is 4.15. The molecule has 0 heterocycles. The maximum Gasteiger partial charge on any atom is 0.0859 e. The molecule has 8 heavy (non-hydrogen) atoms. The fraction of sp³-hybridized carbons (Fsp3) is 0.800. The Balaban J connectivity index is 3.52. The highest BCUT2D eigenvalue weighted by Crippen LogP contribution is 2.09. The first kappa shape index (κ1) is 8.24. The van der Waals surface area contributed by atoms with E-state index >= 15 is 0 Å². The van der Waals surface area contributed by atoms with Gasteiger partial charge >= 0.3 is 0 Å². The molecule has 48 valence electrons. The van der Waals surface area contributed by atoms with E-state index in [0.29, 0.717) is 10.2 Å². The van der Waals surface area contributed by atoms with Crippen LogP contribution in [0, 0.1) is 0 Å². The molecule has 0 aliphatic carbocycles. The largest absolute Gasteiger partial charge is 0.392 e. The zero-order valence-corrected chi connectivity index (χ0v) is 6.81. The standard InChI is InChI=1S/C5H11NS2/c1-3-4(8-2)5(6)7/h4H,3H2,1-2H3,(H2,6,7). The van der Waals surface area contributed by atoms with E-state index in [4.69, 9.17) is 18.0 Å². The lowest BCUT2D eigenvalue weighted by molar-refractivity contribution is 1.02. The van der Waals surface area contributed by atoms with Crippen molar-refractivity contribution in [1.82, 2.24) is 0 Å². The summed E-state index contributed by atoms with van der Waals surface area (Å²) in [6.45, 7) is 2.08. The molecule has 0 aromatic carbocycles. The van der Waals surface area contributed by atoms with Crippen LogP contribution in [-0.4, -0.2) is 16.5 Å². The summed E-state index contributed by atoms with van der Waals surface area (Å²) in [5, 5.41) is 0.380. The van der Waals surface area contributed by atoms with Gasteiger partial charge in [0.15, 0.2) is 0 Å². The lowest BCUT2D eigenvalue weighted by Gasteiger charge is -2.07. The number of nitrogens with two attached hydrogens (primary N) is 1. The Hall–Kier alpha value is 0.240. The van der Waals surface area contributed by atoms with Gasteiger partial charge in [0.25, 0.3) is 0 Å². The predicted molar refractivity (Wildman–Crippen MR) is 44.4 cm³/mol. The first-order chi connectivity index (χ1) is 3.72. The van der Waals surface area contributed by atoms with Gasteiger partial charge in [0, 0.05) is 0 Å². The van der Waals surface area contributed by atoms with Crippen molar-refractivity contribution >= 4 is 29.0 Å². The Morgan fingerprint density at radius 2 is 2.38 bits per heavy atom. The van der Waals surface area contributed by atoms with Gasteiger partial charge in [-0.15, -0.1) is 0 Å². The summed E-state index contributed by atoms with van der Waals surface area (Å²) in [7, 11) is 0. The molecule has 0 aliphatic heterocycles. The van der Waals surface area contributed by atoms with Crippen LogP contribution in [0.15, 0.2) is 0 Å². The highest BCUT2D eigenvalue weighted by atomic mass is 32.2. The summed E-state index contributed by atoms with van der Waals surface area (Å²) in [5.74, 6) is 0. The summed E-state index contributed by atoms with van der Waals surface area (Å²) in [6.07, 6.45) is 3.06. The van der Waals surface area contributed by atoms with Crippen molar-refractivity contribution in [2.24, 2.45) is 5.73 Å². The average molecular weight is 149 g/mol. The normalized spacial score (nSPS) is 13.2. The number of thiocarbonyl (C=S) groups is 1. The van der Waals surface area contributed by atoms with Crippen molar-refractivity contribution in [3.05, 3.63) is 0 Å². The number of thioether (sulfide) groups is 1. The molecule has 1 atom stereocenters. The molecule has 0 amide bonds. The van der Waals surface area contributed by atoms with Crippen LogP contribution in [0.4, 0.5) is 0 Å². The Labute approximate surface area is 60.0 Å². The third-order valence-corrected chi connectivity index (χ3v) is 2.56. The Morgan fingerprint density at radius 1 is 1.88 bits per heavy atom. The smallest absolute Gasteiger partial charge is 0.0859 e. The highest BCUT2D eigenvalue weighted by Gasteiger charge is 2.04. The minimum Gasteiger partial charge on any atom is -0.392 e. The van der Waals surface area contributed by atoms with Crippen LogP contribution in [0.2, 0.25) is 0 Å². The SMILES string of the molecule is CCC(SC)C(N)=S. The van der Waals surface area contributed by atoms with Crippen LogP contribution in [0.5, 0.6) is 0 Å². The molecule has 0 aliphatic rings. The summed E-state index contributed by atoms with van der Waals surface area (Å²) in [6, 6.07) is 0. The minimum atomic E-state index is 0.380. The molecule has 0 saturated heterocycles. The van der Waals surface area contributed by atoms with E-state index < -0.39 is 0 Å². The van der Waals surface area contributed by atoms with Gasteiger partial charge in [0.2, 0.25) is 0 Å². The Kier molecular flexibility index (Phi) is 4.28. The quantitative estimate of drug-likeness (QED) is 0.614. The molecule has 0 saturated carbocycles. The zero-order valence-electron chi connectivity index (χ0n) is 5.18. The minimum absolute atomic E-state index is 0.380. The predicted octanol–water partition coefficient (Wildman–Crippen LogP) is 1.41. The molecule has 0 spiro atoms. The van der Waals surface area contributed by atoms with Gasteiger partial charge in [-0.1, -0.05) is 19.1 Å². The summed E-state index contributed by atoms with van der Waals surface area (Å²) in [5.41, 5.74) is 5.37. The third kappa shape index (κ3) is 2.52. The molecule has 1 nitrogen and oxygen atoms in total. The van der Waals surface area contributed by atoms with Gasteiger partial charge in [0.05, 0.1) is 10.2 Å². The van der Waals surface area contributed by atoms with Gasteiger partial charge in [-0.25, -0.2) is 0 Å². The Bertz CT molecular complexity index is 78.5. The molecule has 1 unspecified atom stereocenters. The van der Waals surface area contributed by atoms with Crippen molar-refractivity contribution in [2.75, 3.05) is 6.26 Å². The van der Waals surface area contributed by atoms with E-state index in [1.807, 2.05) is 6.26 Å². The molecule has 0 rings (SSSR count). The molecule has 2 N–H and O–H groups in total. The maximum atomic E-state index is 5.37. The lowest BCUT2D eigenvalue weighted by atomic mass is 10.3. The van der Waals surface area contributed by atoms with E-state index in [9.17, 15) is 0 Å². The van der Waals surface area contributed by atoms with Crippen molar-refractivity contribution in [2.45, 2.75) is 18.6 Å². The third-order valence-electron chi connectivity index (χ3n) is 0.973. The van der Waals surface area contributed by atoms with Crippen LogP contribution in [0.1, 0.15) is 13.3 Å². The van der Waals surface area contributed by atoms with Crippen LogP contribution in [0.3, 0.4) is 0 Å². The van der Waals surface area contributed by atoms with E-state index in [-0.39, 0.29) is 0 Å². The first-order valence-electron chi connectivity index (χ1n) is 2.54. The highest BCUT2D eigenvalue weighted by molar-refractivity contribution is 8.01. The van der Waals surface area contributed by atoms with Crippen molar-refractivity contribution < 1.29 is 0 Å². The van der Waals surface area contributed by atoms with Crippen LogP contribution >= 0.6 is 24.0 Å². The summed E-state index contributed by atoms with van der Waals surface area (Å²) < 4.78 is 0. The van der Waals surface area contributed by atoms with Crippen molar-refractivity contribution in [1.29, 1.82) is 0 Å². The lowest BCUT2D eigenvalue weighted by Crippen LogP contribution is -2.22. The average Bonchev–Trinajstić information content (AvgIpc) is 1.69. The molecular weight excluding hydrogens is 138 g/mol. The van der Waals surface area contributed by atoms with Crippen LogP contribution < -0.4 is 5.73 Å². The molecule has 0 aromatic rings. The van der Waals surface area contributed by atoms with Gasteiger partial charge in [-0.05, 0) is 12.7 Å². The van der Waals surface area contributed by atoms with E-state index in [1.165, 1.54) is 0 Å². The second-order valence-corrected chi connectivity index (χ2v) is 3.05. The van der Waals surface area contributed by atoms with Gasteiger partial charge in [-0.3, -0.25) is 0 Å². The zero-order chi connectivity index (χ0) is 6.57. The van der Waals surface area contributed by atoms with Crippen molar-refractivity contribution in [3.8, 4) is 0 Å². The molecule has 3 heteroatoms. The number of rotatable bonds is 3. The fourth-order valence-electron chi connectivity index (χ4n) is 0.484. The molecule has 0 radical (unpaired) electrons. The Morgan fingerprint density at radius 3 is 2.38 bits per heavy atom. The molecule has 0 bridgehead atoms. The van der Waals surface area contributed by atoms with Crippen molar-refractivity contribution in [3.63, 3.8) is 0 Å². The maximum absolute atomic E-state index is 5.37. The van der Waals surface area contributed by atoms with Gasteiger partial charge < -0.3 is 5.73 Å². The molecule has 0 aromatic heterocycles. The van der Waals surface area contributed by atoms with Crippen LogP contribution in [-0.2, 0) is 0 Å². The number of hydrogen-bond donors (Lipinski definition) is 1. The summed E-state index contributed by atoms with van der Waals surface area (Å²) >= 11 is 6.48. The fourth-order valence-corrected chi connectivity index (χ4v) is 1.50.